The molecule has 7 nitrogen and oxygen atoms in total. The van der Waals surface area contributed by atoms with Crippen molar-refractivity contribution in [2.24, 2.45) is 0 Å². The summed E-state index contributed by atoms with van der Waals surface area (Å²) in [6, 6.07) is 31.4. The Morgan fingerprint density at radius 1 is 0.818 bits per heavy atom. The van der Waals surface area contributed by atoms with Crippen LogP contribution in [0, 0.1) is 6.92 Å². The number of para-hydroxylation sites is 1. The number of rotatable bonds is 14. The number of sulfonamides is 1. The Bertz CT molecular complexity index is 1630. The second kappa shape index (κ2) is 15.7. The molecule has 0 heterocycles. The zero-order valence-corrected chi connectivity index (χ0v) is 27.4. The Morgan fingerprint density at radius 2 is 1.43 bits per heavy atom. The first-order valence-corrected chi connectivity index (χ1v) is 16.9. The number of anilines is 1. The van der Waals surface area contributed by atoms with Gasteiger partial charge in [-0.25, -0.2) is 8.42 Å². The van der Waals surface area contributed by atoms with Gasteiger partial charge in [0.15, 0.2) is 0 Å². The maximum absolute atomic E-state index is 14.5. The lowest BCUT2D eigenvalue weighted by atomic mass is 10.0. The molecular formula is C35H38BrN3O4S. The smallest absolute Gasteiger partial charge is 0.264 e. The van der Waals surface area contributed by atoms with Crippen LogP contribution in [0.3, 0.4) is 0 Å². The molecule has 0 aliphatic heterocycles. The van der Waals surface area contributed by atoms with Crippen molar-refractivity contribution in [1.29, 1.82) is 0 Å². The van der Waals surface area contributed by atoms with Gasteiger partial charge in [-0.3, -0.25) is 13.9 Å². The summed E-state index contributed by atoms with van der Waals surface area (Å²) in [5, 5.41) is 3.01. The standard InChI is InChI=1S/C35H38BrN3O4S/c1-3-4-23-37-35(41)33(24-28-14-7-5-8-15-28)38(25-29-19-21-30(36)22-20-29)34(40)26-39(32-18-12-11-13-27(32)2)44(42,43)31-16-9-6-10-17-31/h5-22,33H,3-4,23-26H2,1-2H3,(H,37,41). The van der Waals surface area contributed by atoms with Gasteiger partial charge in [-0.2, -0.15) is 0 Å². The van der Waals surface area contributed by atoms with E-state index in [1.54, 1.807) is 30.3 Å². The van der Waals surface area contributed by atoms with E-state index in [2.05, 4.69) is 21.2 Å². The van der Waals surface area contributed by atoms with Crippen LogP contribution in [0.1, 0.15) is 36.5 Å². The molecule has 0 aromatic heterocycles. The number of hydrogen-bond acceptors (Lipinski definition) is 4. The van der Waals surface area contributed by atoms with Gasteiger partial charge in [0.05, 0.1) is 10.6 Å². The van der Waals surface area contributed by atoms with E-state index in [1.165, 1.54) is 17.0 Å². The quantitative estimate of drug-likeness (QED) is 0.154. The van der Waals surface area contributed by atoms with Crippen LogP contribution in [0.15, 0.2) is 119 Å². The minimum atomic E-state index is -4.13. The lowest BCUT2D eigenvalue weighted by molar-refractivity contribution is -0.140. The van der Waals surface area contributed by atoms with E-state index in [4.69, 9.17) is 0 Å². The molecule has 2 amide bonds. The number of halogens is 1. The van der Waals surface area contributed by atoms with Crippen LogP contribution in [0.4, 0.5) is 5.69 Å². The highest BCUT2D eigenvalue weighted by Crippen LogP contribution is 2.27. The third-order valence-electron chi connectivity index (χ3n) is 7.36. The third kappa shape index (κ3) is 8.57. The van der Waals surface area contributed by atoms with E-state index in [-0.39, 0.29) is 23.8 Å². The highest BCUT2D eigenvalue weighted by atomic mass is 79.9. The van der Waals surface area contributed by atoms with E-state index in [1.807, 2.05) is 80.6 Å². The van der Waals surface area contributed by atoms with Crippen molar-refractivity contribution in [2.75, 3.05) is 17.4 Å². The van der Waals surface area contributed by atoms with E-state index in [9.17, 15) is 18.0 Å². The summed E-state index contributed by atoms with van der Waals surface area (Å²) in [5.74, 6) is -0.761. The molecule has 0 radical (unpaired) electrons. The number of amides is 2. The van der Waals surface area contributed by atoms with Crippen LogP contribution in [-0.4, -0.2) is 44.3 Å². The Balaban J connectivity index is 1.78. The first-order valence-electron chi connectivity index (χ1n) is 14.7. The number of aryl methyl sites for hydroxylation is 1. The third-order valence-corrected chi connectivity index (χ3v) is 9.66. The lowest BCUT2D eigenvalue weighted by Gasteiger charge is -2.34. The molecule has 44 heavy (non-hydrogen) atoms. The normalized spacial score (nSPS) is 11.9. The summed E-state index contributed by atoms with van der Waals surface area (Å²) in [4.78, 5) is 29.9. The van der Waals surface area contributed by atoms with Crippen LogP contribution < -0.4 is 9.62 Å². The summed E-state index contributed by atoms with van der Waals surface area (Å²) >= 11 is 3.46. The SMILES string of the molecule is CCCCNC(=O)C(Cc1ccccc1)N(Cc1ccc(Br)cc1)C(=O)CN(c1ccccc1C)S(=O)(=O)c1ccccc1. The molecule has 1 atom stereocenters. The van der Waals surface area contributed by atoms with Crippen molar-refractivity contribution in [3.05, 3.63) is 130 Å². The second-order valence-corrected chi connectivity index (χ2v) is 13.4. The number of benzene rings is 4. The van der Waals surface area contributed by atoms with Crippen LogP contribution >= 0.6 is 15.9 Å². The van der Waals surface area contributed by atoms with Gasteiger partial charge < -0.3 is 10.2 Å². The Morgan fingerprint density at radius 3 is 2.07 bits per heavy atom. The number of nitrogens with one attached hydrogen (secondary N) is 1. The summed E-state index contributed by atoms with van der Waals surface area (Å²) < 4.78 is 30.2. The molecule has 0 fully saturated rings. The maximum atomic E-state index is 14.5. The van der Waals surface area contributed by atoms with Gasteiger partial charge in [0.2, 0.25) is 11.8 Å². The van der Waals surface area contributed by atoms with Gasteiger partial charge in [-0.05, 0) is 60.4 Å². The van der Waals surface area contributed by atoms with Crippen molar-refractivity contribution in [2.45, 2.75) is 50.6 Å². The van der Waals surface area contributed by atoms with Crippen molar-refractivity contribution in [3.8, 4) is 0 Å². The Hall–Kier alpha value is -3.95. The minimum Gasteiger partial charge on any atom is -0.354 e. The predicted molar refractivity (Wildman–Crippen MR) is 179 cm³/mol. The highest BCUT2D eigenvalue weighted by Gasteiger charge is 2.34. The monoisotopic (exact) mass is 675 g/mol. The zero-order chi connectivity index (χ0) is 31.5. The molecule has 0 spiro atoms. The molecule has 4 aromatic carbocycles. The van der Waals surface area contributed by atoms with E-state index in [0.717, 1.165) is 32.7 Å². The summed E-state index contributed by atoms with van der Waals surface area (Å²) in [7, 11) is -4.13. The van der Waals surface area contributed by atoms with Crippen LogP contribution in [-0.2, 0) is 32.6 Å². The lowest BCUT2D eigenvalue weighted by Crippen LogP contribution is -2.53. The molecule has 9 heteroatoms. The first kappa shape index (κ1) is 33.0. The fourth-order valence-corrected chi connectivity index (χ4v) is 6.69. The van der Waals surface area contributed by atoms with Crippen LogP contribution in [0.25, 0.3) is 0 Å². The average molecular weight is 677 g/mol. The number of nitrogens with zero attached hydrogens (tertiary/aromatic N) is 2. The molecule has 0 bridgehead atoms. The van der Waals surface area contributed by atoms with Gasteiger partial charge >= 0.3 is 0 Å². The van der Waals surface area contributed by atoms with Gasteiger partial charge in [0, 0.05) is 24.0 Å². The molecule has 4 aromatic rings. The summed E-state index contributed by atoms with van der Waals surface area (Å²) in [6.07, 6.45) is 1.99. The molecule has 1 unspecified atom stereocenters. The van der Waals surface area contributed by atoms with E-state index < -0.39 is 28.5 Å². The second-order valence-electron chi connectivity index (χ2n) is 10.6. The largest absolute Gasteiger partial charge is 0.354 e. The van der Waals surface area contributed by atoms with Crippen molar-refractivity contribution >= 4 is 43.5 Å². The molecule has 0 saturated heterocycles. The molecule has 0 aliphatic carbocycles. The van der Waals surface area contributed by atoms with E-state index in [0.29, 0.717) is 17.8 Å². The van der Waals surface area contributed by atoms with Gasteiger partial charge in [0.25, 0.3) is 10.0 Å². The Kier molecular flexibility index (Phi) is 11.7. The summed E-state index contributed by atoms with van der Waals surface area (Å²) in [6.45, 7) is 3.99. The number of carbonyl (C=O) groups is 2. The van der Waals surface area contributed by atoms with Gasteiger partial charge in [-0.1, -0.05) is 108 Å². The van der Waals surface area contributed by atoms with Crippen molar-refractivity contribution in [1.82, 2.24) is 10.2 Å². The number of carbonyl (C=O) groups excluding carboxylic acids is 2. The first-order chi connectivity index (χ1) is 21.2. The molecular weight excluding hydrogens is 638 g/mol. The van der Waals surface area contributed by atoms with E-state index >= 15 is 0 Å². The molecule has 230 valence electrons. The topological polar surface area (TPSA) is 86.8 Å². The average Bonchev–Trinajstić information content (AvgIpc) is 3.03. The van der Waals surface area contributed by atoms with Crippen LogP contribution in [0.5, 0.6) is 0 Å². The minimum absolute atomic E-state index is 0.0775. The fourth-order valence-electron chi connectivity index (χ4n) is 4.92. The Labute approximate surface area is 269 Å². The molecule has 1 N–H and O–H groups in total. The van der Waals surface area contributed by atoms with Crippen molar-refractivity contribution in [3.63, 3.8) is 0 Å². The summed E-state index contributed by atoms with van der Waals surface area (Å²) in [5.41, 5.74) is 2.82. The number of unbranched alkanes of at least 4 members (excludes halogenated alkanes) is 1. The number of hydrogen-bond donors (Lipinski definition) is 1. The highest BCUT2D eigenvalue weighted by molar-refractivity contribution is 9.10. The maximum Gasteiger partial charge on any atom is 0.264 e. The van der Waals surface area contributed by atoms with Crippen molar-refractivity contribution < 1.29 is 18.0 Å². The molecule has 0 aliphatic rings. The fraction of sp³-hybridized carbons (Fsp3) is 0.257. The predicted octanol–water partition coefficient (Wildman–Crippen LogP) is 6.51. The van der Waals surface area contributed by atoms with Gasteiger partial charge in [0.1, 0.15) is 12.6 Å². The molecule has 0 saturated carbocycles. The molecule has 4 rings (SSSR count). The zero-order valence-electron chi connectivity index (χ0n) is 25.0. The van der Waals surface area contributed by atoms with Gasteiger partial charge in [-0.15, -0.1) is 0 Å². The van der Waals surface area contributed by atoms with Crippen LogP contribution in [0.2, 0.25) is 0 Å².